The molecule has 0 fully saturated rings. The highest BCUT2D eigenvalue weighted by Gasteiger charge is 2.26. The van der Waals surface area contributed by atoms with Crippen LogP contribution in [0.25, 0.3) is 28.0 Å². The third-order valence-corrected chi connectivity index (χ3v) is 5.20. The number of nitrogens with zero attached hydrogens (tertiary/aromatic N) is 7. The van der Waals surface area contributed by atoms with Gasteiger partial charge in [0.15, 0.2) is 0 Å². The zero-order chi connectivity index (χ0) is 22.4. The Morgan fingerprint density at radius 1 is 1.06 bits per heavy atom. The topological polar surface area (TPSA) is 124 Å². The third kappa shape index (κ3) is 3.31. The second kappa shape index (κ2) is 7.41. The summed E-state index contributed by atoms with van der Waals surface area (Å²) in [6.07, 6.45) is 1.62. The average Bonchev–Trinajstić information content (AvgIpc) is 3.31. The predicted octanol–water partition coefficient (Wildman–Crippen LogP) is 1.41. The molecule has 5 rings (SSSR count). The summed E-state index contributed by atoms with van der Waals surface area (Å²) in [7, 11) is 1.73. The van der Waals surface area contributed by atoms with Crippen molar-refractivity contribution < 1.29 is 4.40 Å². The summed E-state index contributed by atoms with van der Waals surface area (Å²) in [6.45, 7) is 4.10. The lowest BCUT2D eigenvalue weighted by molar-refractivity contribution is -0.516. The van der Waals surface area contributed by atoms with E-state index in [9.17, 15) is 4.79 Å². The fourth-order valence-electron chi connectivity index (χ4n) is 3.94. The number of hydrogen-bond donors (Lipinski definition) is 2. The van der Waals surface area contributed by atoms with Crippen LogP contribution in [0.4, 0.5) is 5.95 Å². The number of aryl methyl sites for hydroxylation is 3. The lowest BCUT2D eigenvalue weighted by Crippen LogP contribution is -2.44. The standard InChI is InChI=1S/C22H21N9O/c1-13-9-16(10-14(2)25-13)18-19(15-7-5-4-6-8-15)26-21(23)31-20(18)28-30(22(31)32)12-17-11-24-29(3)27-17/h4-11H,12H2,1-3H3,(H2,23,25,26,28)/p+1. The summed E-state index contributed by atoms with van der Waals surface area (Å²) in [6, 6.07) is 13.7. The quantitative estimate of drug-likeness (QED) is 0.417. The number of rotatable bonds is 4. The molecule has 0 aliphatic carbocycles. The Balaban J connectivity index is 1.83. The molecule has 5 aromatic rings. The molecule has 1 aromatic carbocycles. The number of nitrogens with two attached hydrogens (primary N) is 1. The maximum absolute atomic E-state index is 13.2. The largest absolute Gasteiger partial charge is 0.428 e. The number of nitrogens with one attached hydrogen (secondary N) is 1. The molecule has 0 spiro atoms. The van der Waals surface area contributed by atoms with Gasteiger partial charge in [-0.15, -0.1) is 9.38 Å². The predicted molar refractivity (Wildman–Crippen MR) is 119 cm³/mol. The van der Waals surface area contributed by atoms with E-state index < -0.39 is 0 Å². The molecule has 0 amide bonds. The summed E-state index contributed by atoms with van der Waals surface area (Å²) in [5.41, 5.74) is 12.1. The SMILES string of the molecule is Cc1cc(-c2c(-c3ccccc3)nc(N)[n+]3c(=O)n(Cc4cnn(C)n4)[nH]c23)cc(C)n1. The van der Waals surface area contributed by atoms with Crippen molar-refractivity contribution >= 4 is 11.6 Å². The number of pyridine rings is 1. The van der Waals surface area contributed by atoms with E-state index in [4.69, 9.17) is 5.73 Å². The van der Waals surface area contributed by atoms with Crippen LogP contribution in [0.1, 0.15) is 17.1 Å². The Hall–Kier alpha value is -4.34. The van der Waals surface area contributed by atoms with Crippen LogP contribution >= 0.6 is 0 Å². The lowest BCUT2D eigenvalue weighted by Gasteiger charge is -2.10. The van der Waals surface area contributed by atoms with Crippen LogP contribution in [0.2, 0.25) is 0 Å². The van der Waals surface area contributed by atoms with Crippen molar-refractivity contribution in [1.29, 1.82) is 0 Å². The van der Waals surface area contributed by atoms with Crippen LogP contribution < -0.4 is 15.8 Å². The van der Waals surface area contributed by atoms with Crippen LogP contribution in [-0.2, 0) is 13.6 Å². The second-order valence-corrected chi connectivity index (χ2v) is 7.69. The highest BCUT2D eigenvalue weighted by atomic mass is 16.2. The summed E-state index contributed by atoms with van der Waals surface area (Å²) >= 11 is 0. The third-order valence-electron chi connectivity index (χ3n) is 5.20. The van der Waals surface area contributed by atoms with E-state index in [0.717, 1.165) is 28.1 Å². The second-order valence-electron chi connectivity index (χ2n) is 7.69. The van der Waals surface area contributed by atoms with Crippen molar-refractivity contribution in [2.45, 2.75) is 20.4 Å². The van der Waals surface area contributed by atoms with Crippen molar-refractivity contribution in [1.82, 2.24) is 34.7 Å². The van der Waals surface area contributed by atoms with Gasteiger partial charge in [-0.3, -0.25) is 4.98 Å². The average molecular weight is 428 g/mol. The highest BCUT2D eigenvalue weighted by Crippen LogP contribution is 2.33. The van der Waals surface area contributed by atoms with Gasteiger partial charge in [0, 0.05) is 24.0 Å². The Bertz CT molecular complexity index is 1490. The number of anilines is 1. The first-order chi connectivity index (χ1) is 15.4. The van der Waals surface area contributed by atoms with Crippen molar-refractivity contribution in [3.05, 3.63) is 76.2 Å². The molecule has 160 valence electrons. The van der Waals surface area contributed by atoms with E-state index in [-0.39, 0.29) is 18.2 Å². The first-order valence-electron chi connectivity index (χ1n) is 10.1. The van der Waals surface area contributed by atoms with Gasteiger partial charge in [-0.1, -0.05) is 30.3 Å². The molecule has 4 aromatic heterocycles. The molecule has 0 aliphatic heterocycles. The summed E-state index contributed by atoms with van der Waals surface area (Å²) in [5, 5.41) is 11.6. The zero-order valence-electron chi connectivity index (χ0n) is 17.9. The summed E-state index contributed by atoms with van der Waals surface area (Å²) in [4.78, 5) is 23.8. The molecule has 0 saturated heterocycles. The van der Waals surface area contributed by atoms with Crippen molar-refractivity contribution in [2.24, 2.45) is 7.05 Å². The maximum atomic E-state index is 13.2. The van der Waals surface area contributed by atoms with Gasteiger partial charge >= 0.3 is 11.6 Å². The van der Waals surface area contributed by atoms with E-state index in [1.54, 1.807) is 13.2 Å². The number of nitrogen functional groups attached to an aromatic ring is 1. The van der Waals surface area contributed by atoms with E-state index in [1.807, 2.05) is 56.3 Å². The molecule has 0 radical (unpaired) electrons. The Morgan fingerprint density at radius 2 is 1.78 bits per heavy atom. The smallest absolute Gasteiger partial charge is 0.319 e. The molecule has 0 bridgehead atoms. The number of aromatic amines is 1. The van der Waals surface area contributed by atoms with Gasteiger partial charge in [-0.25, -0.2) is 9.89 Å². The fourth-order valence-corrected chi connectivity index (χ4v) is 3.94. The van der Waals surface area contributed by atoms with Gasteiger partial charge in [0.25, 0.3) is 0 Å². The van der Waals surface area contributed by atoms with E-state index >= 15 is 0 Å². The van der Waals surface area contributed by atoms with Gasteiger partial charge in [0.1, 0.15) is 17.9 Å². The van der Waals surface area contributed by atoms with Crippen molar-refractivity contribution in [3.8, 4) is 22.4 Å². The lowest BCUT2D eigenvalue weighted by atomic mass is 9.99. The molecule has 4 heterocycles. The van der Waals surface area contributed by atoms with Crippen LogP contribution in [-0.4, -0.2) is 34.7 Å². The van der Waals surface area contributed by atoms with Gasteiger partial charge in [-0.05, 0) is 31.5 Å². The molecule has 10 heteroatoms. The molecule has 0 saturated carbocycles. The number of H-pyrrole nitrogens is 1. The van der Waals surface area contributed by atoms with Crippen molar-refractivity contribution in [2.75, 3.05) is 5.73 Å². The minimum atomic E-state index is -0.334. The summed E-state index contributed by atoms with van der Waals surface area (Å²) < 4.78 is 2.85. The van der Waals surface area contributed by atoms with E-state index in [0.29, 0.717) is 17.0 Å². The molecule has 10 nitrogen and oxygen atoms in total. The van der Waals surface area contributed by atoms with Gasteiger partial charge in [0.2, 0.25) is 5.65 Å². The van der Waals surface area contributed by atoms with Crippen LogP contribution in [0, 0.1) is 13.8 Å². The number of fused-ring (bicyclic) bond motifs is 1. The molecular weight excluding hydrogens is 406 g/mol. The fraction of sp³-hybridized carbons (Fsp3) is 0.182. The minimum Gasteiger partial charge on any atom is -0.319 e. The molecule has 3 N–H and O–H groups in total. The van der Waals surface area contributed by atoms with E-state index in [2.05, 4.69) is 25.3 Å². The highest BCUT2D eigenvalue weighted by molar-refractivity contribution is 5.88. The Labute approximate surface area is 183 Å². The van der Waals surface area contributed by atoms with Crippen molar-refractivity contribution in [3.63, 3.8) is 0 Å². The van der Waals surface area contributed by atoms with E-state index in [1.165, 1.54) is 13.9 Å². The minimum absolute atomic E-state index is 0.101. The monoisotopic (exact) mass is 428 g/mol. The van der Waals surface area contributed by atoms with Gasteiger partial charge in [0.05, 0.1) is 11.8 Å². The van der Waals surface area contributed by atoms with Crippen LogP contribution in [0.15, 0.2) is 53.5 Å². The molecule has 0 aliphatic rings. The Morgan fingerprint density at radius 3 is 2.44 bits per heavy atom. The first kappa shape index (κ1) is 19.6. The number of hydrogen-bond acceptors (Lipinski definition) is 6. The maximum Gasteiger partial charge on any atom is 0.428 e. The Kier molecular flexibility index (Phi) is 4.54. The zero-order valence-corrected chi connectivity index (χ0v) is 17.9. The molecule has 0 unspecified atom stereocenters. The molecular formula is C22H22N9O+. The first-order valence-corrected chi connectivity index (χ1v) is 10.1. The summed E-state index contributed by atoms with van der Waals surface area (Å²) in [5.74, 6) is 0.101. The number of benzene rings is 1. The van der Waals surface area contributed by atoms with Crippen LogP contribution in [0.5, 0.6) is 0 Å². The molecule has 0 atom stereocenters. The van der Waals surface area contributed by atoms with Gasteiger partial charge in [-0.2, -0.15) is 19.7 Å². The number of aromatic nitrogens is 8. The van der Waals surface area contributed by atoms with Crippen LogP contribution in [0.3, 0.4) is 0 Å². The van der Waals surface area contributed by atoms with Gasteiger partial charge < -0.3 is 5.73 Å². The normalized spacial score (nSPS) is 11.3. The molecule has 32 heavy (non-hydrogen) atoms.